The average Bonchev–Trinajstić information content (AvgIpc) is 2.62. The number of hydrogen-bond donors (Lipinski definition) is 9. The minimum absolute atomic E-state index is 0.250. The van der Waals surface area contributed by atoms with Gasteiger partial charge in [-0.05, 0) is 6.92 Å². The van der Waals surface area contributed by atoms with Crippen molar-refractivity contribution in [3.63, 3.8) is 0 Å². The van der Waals surface area contributed by atoms with Crippen LogP contribution < -0.4 is 0 Å². The van der Waals surface area contributed by atoms with E-state index in [4.69, 9.17) is 24.4 Å². The fourth-order valence-corrected chi connectivity index (χ4v) is 2.57. The van der Waals surface area contributed by atoms with Crippen molar-refractivity contribution in [2.75, 3.05) is 19.8 Å². The lowest BCUT2D eigenvalue weighted by Crippen LogP contribution is -2.64. The maximum atomic E-state index is 9.94. The van der Waals surface area contributed by atoms with Crippen molar-refractivity contribution in [3.05, 3.63) is 0 Å². The Labute approximate surface area is 149 Å². The molecule has 9 N–H and O–H groups in total. The molecule has 0 saturated carbocycles. The van der Waals surface area contributed by atoms with E-state index in [1.54, 1.807) is 6.92 Å². The minimum Gasteiger partial charge on any atom is -0.397 e. The SMILES string of the molecule is CCO.OC[C@H]1O[C@@H](O[C@H]2[C@H](O)[C@@H](O)[C@H](O)O[C@@H]2CO)[C@H](O)[C@@H](O)[C@H]1O. The molecule has 2 fully saturated rings. The van der Waals surface area contributed by atoms with Gasteiger partial charge in [-0.2, -0.15) is 0 Å². The Morgan fingerprint density at radius 3 is 1.73 bits per heavy atom. The Hall–Kier alpha value is -0.480. The summed E-state index contributed by atoms with van der Waals surface area (Å²) in [5.41, 5.74) is 0. The summed E-state index contributed by atoms with van der Waals surface area (Å²) >= 11 is 0. The van der Waals surface area contributed by atoms with Gasteiger partial charge >= 0.3 is 0 Å². The summed E-state index contributed by atoms with van der Waals surface area (Å²) in [6.07, 6.45) is -15.6. The number of rotatable bonds is 4. The highest BCUT2D eigenvalue weighted by molar-refractivity contribution is 4.93. The highest BCUT2D eigenvalue weighted by atomic mass is 16.7. The van der Waals surface area contributed by atoms with Crippen LogP contribution in [0, 0.1) is 0 Å². The normalized spacial score (nSPS) is 46.4. The van der Waals surface area contributed by atoms with Crippen LogP contribution in [0.25, 0.3) is 0 Å². The number of aliphatic hydroxyl groups excluding tert-OH is 9. The van der Waals surface area contributed by atoms with Crippen LogP contribution >= 0.6 is 0 Å². The number of aliphatic hydroxyl groups is 9. The quantitative estimate of drug-likeness (QED) is 0.221. The second-order valence-corrected chi connectivity index (χ2v) is 5.84. The zero-order valence-corrected chi connectivity index (χ0v) is 14.1. The molecule has 2 aliphatic rings. The van der Waals surface area contributed by atoms with E-state index in [9.17, 15) is 35.7 Å². The molecule has 12 nitrogen and oxygen atoms in total. The van der Waals surface area contributed by atoms with E-state index in [-0.39, 0.29) is 6.61 Å². The van der Waals surface area contributed by atoms with Crippen LogP contribution in [0.3, 0.4) is 0 Å². The third-order valence-corrected chi connectivity index (χ3v) is 3.98. The molecule has 0 amide bonds. The highest BCUT2D eigenvalue weighted by Gasteiger charge is 2.50. The summed E-state index contributed by atoms with van der Waals surface area (Å²) < 4.78 is 15.3. The van der Waals surface area contributed by atoms with Gasteiger partial charge in [-0.1, -0.05) is 0 Å². The predicted octanol–water partition coefficient (Wildman–Crippen LogP) is -5.40. The van der Waals surface area contributed by atoms with Gasteiger partial charge in [-0.25, -0.2) is 0 Å². The Morgan fingerprint density at radius 1 is 0.692 bits per heavy atom. The van der Waals surface area contributed by atoms with Gasteiger partial charge in [-0.3, -0.25) is 0 Å². The smallest absolute Gasteiger partial charge is 0.187 e. The fourth-order valence-electron chi connectivity index (χ4n) is 2.57. The average molecular weight is 388 g/mol. The Balaban J connectivity index is 0.00000105. The minimum atomic E-state index is -1.74. The molecule has 12 heteroatoms. The molecule has 156 valence electrons. The van der Waals surface area contributed by atoms with Crippen molar-refractivity contribution in [2.24, 2.45) is 0 Å². The predicted molar refractivity (Wildman–Crippen MR) is 81.4 cm³/mol. The summed E-state index contributed by atoms with van der Waals surface area (Å²) in [5.74, 6) is 0. The first-order valence-corrected chi connectivity index (χ1v) is 8.10. The molecule has 2 aliphatic heterocycles. The maximum absolute atomic E-state index is 9.94. The second-order valence-electron chi connectivity index (χ2n) is 5.84. The van der Waals surface area contributed by atoms with E-state index in [2.05, 4.69) is 0 Å². The van der Waals surface area contributed by atoms with Crippen LogP contribution in [0.2, 0.25) is 0 Å². The monoisotopic (exact) mass is 388 g/mol. The molecule has 0 unspecified atom stereocenters. The van der Waals surface area contributed by atoms with Crippen LogP contribution in [-0.2, 0) is 14.2 Å². The zero-order chi connectivity index (χ0) is 20.0. The molecule has 26 heavy (non-hydrogen) atoms. The van der Waals surface area contributed by atoms with Gasteiger partial charge < -0.3 is 60.2 Å². The van der Waals surface area contributed by atoms with Crippen molar-refractivity contribution in [3.8, 4) is 0 Å². The lowest BCUT2D eigenvalue weighted by atomic mass is 9.97. The molecule has 0 aliphatic carbocycles. The van der Waals surface area contributed by atoms with Crippen molar-refractivity contribution in [1.29, 1.82) is 0 Å². The molecule has 0 bridgehead atoms. The summed E-state index contributed by atoms with van der Waals surface area (Å²) in [6, 6.07) is 0. The topological polar surface area (TPSA) is 210 Å². The van der Waals surface area contributed by atoms with Gasteiger partial charge in [0.25, 0.3) is 0 Å². The van der Waals surface area contributed by atoms with E-state index in [1.807, 2.05) is 0 Å². The molecule has 0 spiro atoms. The maximum Gasteiger partial charge on any atom is 0.187 e. The molecule has 2 rings (SSSR count). The molecular weight excluding hydrogens is 360 g/mol. The van der Waals surface area contributed by atoms with Gasteiger partial charge in [0.2, 0.25) is 0 Å². The van der Waals surface area contributed by atoms with Crippen LogP contribution in [-0.4, -0.2) is 127 Å². The van der Waals surface area contributed by atoms with Crippen LogP contribution in [0.4, 0.5) is 0 Å². The first-order valence-electron chi connectivity index (χ1n) is 8.10. The third-order valence-electron chi connectivity index (χ3n) is 3.98. The zero-order valence-electron chi connectivity index (χ0n) is 14.1. The van der Waals surface area contributed by atoms with E-state index in [0.29, 0.717) is 0 Å². The first kappa shape index (κ1) is 23.6. The fraction of sp³-hybridized carbons (Fsp3) is 1.00. The third kappa shape index (κ3) is 5.28. The van der Waals surface area contributed by atoms with Crippen LogP contribution in [0.1, 0.15) is 6.92 Å². The second kappa shape index (κ2) is 10.8. The van der Waals surface area contributed by atoms with Crippen LogP contribution in [0.15, 0.2) is 0 Å². The van der Waals surface area contributed by atoms with Crippen LogP contribution in [0.5, 0.6) is 0 Å². The highest BCUT2D eigenvalue weighted by Crippen LogP contribution is 2.28. The van der Waals surface area contributed by atoms with E-state index in [0.717, 1.165) is 0 Å². The number of ether oxygens (including phenoxy) is 3. The Kier molecular flexibility index (Phi) is 9.74. The molecule has 0 aromatic rings. The van der Waals surface area contributed by atoms with Crippen molar-refractivity contribution in [1.82, 2.24) is 0 Å². The van der Waals surface area contributed by atoms with E-state index < -0.39 is 74.6 Å². The summed E-state index contributed by atoms with van der Waals surface area (Å²) in [4.78, 5) is 0. The van der Waals surface area contributed by atoms with Crippen molar-refractivity contribution in [2.45, 2.75) is 68.3 Å². The van der Waals surface area contributed by atoms with Gasteiger partial charge in [-0.15, -0.1) is 0 Å². The molecule has 10 atom stereocenters. The standard InChI is InChI=1S/C12H22O11.C2H6O/c13-1-3-5(15)6(16)9(19)12(22-3)23-10-4(2-14)21-11(20)8(18)7(10)17;1-2-3/h3-20H,1-2H2;3H,2H2,1H3/t3-,4-,5+,6+,7-,8-,9-,10-,11-,12+;/m1./s1. The Morgan fingerprint density at radius 2 is 1.23 bits per heavy atom. The molecule has 0 aromatic heterocycles. The molecule has 2 saturated heterocycles. The van der Waals surface area contributed by atoms with Gasteiger partial charge in [0.05, 0.1) is 13.2 Å². The summed E-state index contributed by atoms with van der Waals surface area (Å²) in [7, 11) is 0. The van der Waals surface area contributed by atoms with E-state index >= 15 is 0 Å². The molecule has 0 aromatic carbocycles. The number of hydrogen-bond acceptors (Lipinski definition) is 12. The Bertz CT molecular complexity index is 394. The molecule has 0 radical (unpaired) electrons. The first-order chi connectivity index (χ1) is 12.2. The van der Waals surface area contributed by atoms with Crippen molar-refractivity contribution < 1.29 is 60.2 Å². The lowest BCUT2D eigenvalue weighted by molar-refractivity contribution is -0.355. The lowest BCUT2D eigenvalue weighted by Gasteiger charge is -2.45. The summed E-state index contributed by atoms with van der Waals surface area (Å²) in [6.45, 7) is 0.586. The summed E-state index contributed by atoms with van der Waals surface area (Å²) in [5, 5.41) is 84.1. The molecule has 2 heterocycles. The van der Waals surface area contributed by atoms with Crippen molar-refractivity contribution >= 4 is 0 Å². The largest absolute Gasteiger partial charge is 0.397 e. The van der Waals surface area contributed by atoms with Gasteiger partial charge in [0, 0.05) is 6.61 Å². The van der Waals surface area contributed by atoms with E-state index in [1.165, 1.54) is 0 Å². The molecular formula is C14H28O12. The van der Waals surface area contributed by atoms with Gasteiger partial charge in [0.15, 0.2) is 12.6 Å². The van der Waals surface area contributed by atoms with Gasteiger partial charge in [0.1, 0.15) is 48.8 Å².